The maximum atomic E-state index is 8.65. The van der Waals surface area contributed by atoms with Gasteiger partial charge in [-0.15, -0.1) is 0 Å². The average Bonchev–Trinajstić information content (AvgIpc) is 2.81. The number of nitrogens with one attached hydrogen (secondary N) is 1. The van der Waals surface area contributed by atoms with Crippen molar-refractivity contribution in [1.82, 2.24) is 0 Å². The van der Waals surface area contributed by atoms with Crippen LogP contribution in [0.5, 0.6) is 0 Å². The lowest BCUT2D eigenvalue weighted by atomic mass is 9.88. The number of rotatable bonds is 5. The molecule has 0 bridgehead atoms. The Balaban J connectivity index is 1.92. The molecule has 2 heteroatoms. The molecule has 0 saturated carbocycles. The Hall–Kier alpha value is -1.49. The first-order valence-corrected chi connectivity index (χ1v) is 6.83. The van der Waals surface area contributed by atoms with E-state index >= 15 is 0 Å². The third-order valence-corrected chi connectivity index (χ3v) is 3.78. The number of nitriles is 1. The quantitative estimate of drug-likeness (QED) is 0.849. The number of anilines is 1. The molecule has 0 fully saturated rings. The van der Waals surface area contributed by atoms with Gasteiger partial charge in [0, 0.05) is 18.7 Å². The molecule has 0 saturated heterocycles. The summed E-state index contributed by atoms with van der Waals surface area (Å²) in [5.74, 6) is 0. The molecule has 0 radical (unpaired) electrons. The van der Waals surface area contributed by atoms with E-state index in [-0.39, 0.29) is 5.41 Å². The molecule has 0 unspecified atom stereocenters. The summed E-state index contributed by atoms with van der Waals surface area (Å²) in [6, 6.07) is 8.96. The summed E-state index contributed by atoms with van der Waals surface area (Å²) in [6.07, 6.45) is 5.35. The van der Waals surface area contributed by atoms with Crippen LogP contribution in [0.25, 0.3) is 0 Å². The summed E-state index contributed by atoms with van der Waals surface area (Å²) in [7, 11) is 0. The van der Waals surface area contributed by atoms with E-state index in [4.69, 9.17) is 5.26 Å². The Kier molecular flexibility index (Phi) is 3.91. The Bertz CT molecular complexity index is 455. The largest absolute Gasteiger partial charge is 0.385 e. The van der Waals surface area contributed by atoms with E-state index in [2.05, 4.69) is 43.4 Å². The van der Waals surface area contributed by atoms with E-state index in [9.17, 15) is 0 Å². The van der Waals surface area contributed by atoms with Crippen LogP contribution in [0.4, 0.5) is 5.69 Å². The summed E-state index contributed by atoms with van der Waals surface area (Å²) in [5, 5.41) is 12.2. The van der Waals surface area contributed by atoms with Gasteiger partial charge >= 0.3 is 0 Å². The van der Waals surface area contributed by atoms with Gasteiger partial charge in [-0.3, -0.25) is 0 Å². The van der Waals surface area contributed by atoms with Crippen LogP contribution in [-0.4, -0.2) is 6.54 Å². The molecule has 1 N–H and O–H groups in total. The molecule has 1 aromatic carbocycles. The number of hydrogen-bond acceptors (Lipinski definition) is 2. The molecule has 2 nitrogen and oxygen atoms in total. The SMILES string of the molecule is CC(C)(CCC#N)CNc1ccc2c(c1)CCC2. The molecule has 0 aromatic heterocycles. The molecule has 96 valence electrons. The number of hydrogen-bond donors (Lipinski definition) is 1. The first-order valence-electron chi connectivity index (χ1n) is 6.83. The van der Waals surface area contributed by atoms with Crippen molar-refractivity contribution < 1.29 is 0 Å². The zero-order valence-corrected chi connectivity index (χ0v) is 11.4. The molecule has 0 spiro atoms. The number of nitrogens with zero attached hydrogens (tertiary/aromatic N) is 1. The van der Waals surface area contributed by atoms with Crippen LogP contribution in [0.2, 0.25) is 0 Å². The Morgan fingerprint density at radius 1 is 1.28 bits per heavy atom. The lowest BCUT2D eigenvalue weighted by Crippen LogP contribution is -2.22. The van der Waals surface area contributed by atoms with Crippen LogP contribution < -0.4 is 5.32 Å². The summed E-state index contributed by atoms with van der Waals surface area (Å²) >= 11 is 0. The minimum Gasteiger partial charge on any atom is -0.385 e. The van der Waals surface area contributed by atoms with Crippen LogP contribution in [0.1, 0.15) is 44.2 Å². The van der Waals surface area contributed by atoms with Crippen molar-refractivity contribution >= 4 is 5.69 Å². The van der Waals surface area contributed by atoms with Crippen LogP contribution in [-0.2, 0) is 12.8 Å². The van der Waals surface area contributed by atoms with Gasteiger partial charge in [-0.25, -0.2) is 0 Å². The van der Waals surface area contributed by atoms with Crippen molar-refractivity contribution in [2.24, 2.45) is 5.41 Å². The second-order valence-electron chi connectivity index (χ2n) is 6.01. The standard InChI is InChI=1S/C16H22N2/c1-16(2,9-4-10-17)12-18-15-8-7-13-5-3-6-14(13)11-15/h7-8,11,18H,3-6,9,12H2,1-2H3. The van der Waals surface area contributed by atoms with Gasteiger partial charge in [0.25, 0.3) is 0 Å². The molecular weight excluding hydrogens is 220 g/mol. The third kappa shape index (κ3) is 3.26. The first kappa shape index (κ1) is 13.0. The average molecular weight is 242 g/mol. The van der Waals surface area contributed by atoms with Gasteiger partial charge in [-0.1, -0.05) is 19.9 Å². The van der Waals surface area contributed by atoms with E-state index < -0.39 is 0 Å². The highest BCUT2D eigenvalue weighted by molar-refractivity contribution is 5.50. The molecule has 1 aliphatic rings. The highest BCUT2D eigenvalue weighted by Crippen LogP contribution is 2.27. The fourth-order valence-corrected chi connectivity index (χ4v) is 2.51. The molecule has 0 aliphatic heterocycles. The van der Waals surface area contributed by atoms with Crippen LogP contribution in [0.15, 0.2) is 18.2 Å². The lowest BCUT2D eigenvalue weighted by Gasteiger charge is -2.24. The van der Waals surface area contributed by atoms with E-state index in [1.54, 1.807) is 0 Å². The minimum absolute atomic E-state index is 0.175. The predicted octanol–water partition coefficient (Wildman–Crippen LogP) is 3.92. The molecule has 2 rings (SSSR count). The lowest BCUT2D eigenvalue weighted by molar-refractivity contribution is 0.364. The highest BCUT2D eigenvalue weighted by atomic mass is 14.9. The smallest absolute Gasteiger partial charge is 0.0621 e. The fraction of sp³-hybridized carbons (Fsp3) is 0.562. The molecular formula is C16H22N2. The second kappa shape index (κ2) is 5.44. The Morgan fingerprint density at radius 3 is 2.83 bits per heavy atom. The van der Waals surface area contributed by atoms with Crippen molar-refractivity contribution in [2.45, 2.75) is 46.0 Å². The second-order valence-corrected chi connectivity index (χ2v) is 6.01. The van der Waals surface area contributed by atoms with Crippen molar-refractivity contribution in [3.8, 4) is 6.07 Å². The molecule has 0 heterocycles. The van der Waals surface area contributed by atoms with Crippen LogP contribution in [0, 0.1) is 16.7 Å². The van der Waals surface area contributed by atoms with Crippen LogP contribution >= 0.6 is 0 Å². The van der Waals surface area contributed by atoms with E-state index in [1.807, 2.05) is 0 Å². The first-order chi connectivity index (χ1) is 8.61. The Morgan fingerprint density at radius 2 is 2.06 bits per heavy atom. The summed E-state index contributed by atoms with van der Waals surface area (Å²) in [5.41, 5.74) is 4.43. The zero-order valence-electron chi connectivity index (χ0n) is 11.4. The van der Waals surface area contributed by atoms with E-state index in [1.165, 1.54) is 36.1 Å². The topological polar surface area (TPSA) is 35.8 Å². The van der Waals surface area contributed by atoms with Crippen molar-refractivity contribution in [3.63, 3.8) is 0 Å². The number of benzene rings is 1. The summed E-state index contributed by atoms with van der Waals surface area (Å²) in [4.78, 5) is 0. The third-order valence-electron chi connectivity index (χ3n) is 3.78. The van der Waals surface area contributed by atoms with Gasteiger partial charge in [-0.2, -0.15) is 5.26 Å². The van der Waals surface area contributed by atoms with Crippen molar-refractivity contribution in [2.75, 3.05) is 11.9 Å². The van der Waals surface area contributed by atoms with Crippen molar-refractivity contribution in [3.05, 3.63) is 29.3 Å². The molecule has 18 heavy (non-hydrogen) atoms. The van der Waals surface area contributed by atoms with E-state index in [0.29, 0.717) is 6.42 Å². The fourth-order valence-electron chi connectivity index (χ4n) is 2.51. The highest BCUT2D eigenvalue weighted by Gasteiger charge is 2.17. The minimum atomic E-state index is 0.175. The maximum Gasteiger partial charge on any atom is 0.0621 e. The summed E-state index contributed by atoms with van der Waals surface area (Å²) < 4.78 is 0. The van der Waals surface area contributed by atoms with Gasteiger partial charge in [0.15, 0.2) is 0 Å². The molecule has 0 atom stereocenters. The molecule has 1 aromatic rings. The number of aryl methyl sites for hydroxylation is 2. The zero-order chi connectivity index (χ0) is 13.0. The Labute approximate surface area is 110 Å². The van der Waals surface area contributed by atoms with Gasteiger partial charge in [0.05, 0.1) is 6.07 Å². The van der Waals surface area contributed by atoms with Gasteiger partial charge in [-0.05, 0) is 54.4 Å². The van der Waals surface area contributed by atoms with Gasteiger partial charge in [0.1, 0.15) is 0 Å². The summed E-state index contributed by atoms with van der Waals surface area (Å²) in [6.45, 7) is 5.35. The number of fused-ring (bicyclic) bond motifs is 1. The monoisotopic (exact) mass is 242 g/mol. The van der Waals surface area contributed by atoms with Gasteiger partial charge < -0.3 is 5.32 Å². The van der Waals surface area contributed by atoms with Gasteiger partial charge in [0.2, 0.25) is 0 Å². The van der Waals surface area contributed by atoms with E-state index in [0.717, 1.165) is 13.0 Å². The normalized spacial score (nSPS) is 14.1. The maximum absolute atomic E-state index is 8.65. The predicted molar refractivity (Wildman–Crippen MR) is 75.6 cm³/mol. The van der Waals surface area contributed by atoms with Crippen LogP contribution in [0.3, 0.4) is 0 Å². The van der Waals surface area contributed by atoms with Crippen molar-refractivity contribution in [1.29, 1.82) is 5.26 Å². The molecule has 0 amide bonds. The molecule has 1 aliphatic carbocycles.